The number of nitrogens with two attached hydrogens (primary N) is 1. The van der Waals surface area contributed by atoms with E-state index in [0.717, 1.165) is 4.88 Å². The first-order valence-corrected chi connectivity index (χ1v) is 9.56. The Hall–Kier alpha value is -0.310. The average molecular weight is 430 g/mol. The van der Waals surface area contributed by atoms with Gasteiger partial charge in [0.15, 0.2) is 0 Å². The predicted octanol–water partition coefficient (Wildman–Crippen LogP) is 4.39. The van der Waals surface area contributed by atoms with Gasteiger partial charge in [0, 0.05) is 20.8 Å². The Balaban J connectivity index is 2.44. The monoisotopic (exact) mass is 428 g/mol. The summed E-state index contributed by atoms with van der Waals surface area (Å²) in [6.07, 6.45) is 0. The lowest BCUT2D eigenvalue weighted by atomic mass is 10.3. The molecule has 2 rings (SSSR count). The Morgan fingerprint density at radius 3 is 2.33 bits per heavy atom. The van der Waals surface area contributed by atoms with E-state index in [9.17, 15) is 8.42 Å². The number of rotatable bonds is 4. The van der Waals surface area contributed by atoms with Crippen LogP contribution in [-0.4, -0.2) is 8.42 Å². The number of nitrogens with one attached hydrogen (secondary N) is 1. The van der Waals surface area contributed by atoms with Crippen molar-refractivity contribution in [1.29, 1.82) is 0 Å². The van der Waals surface area contributed by atoms with Crippen molar-refractivity contribution in [2.75, 3.05) is 4.72 Å². The second-order valence-corrected chi connectivity index (χ2v) is 8.91. The molecule has 9 heteroatoms. The van der Waals surface area contributed by atoms with Crippen LogP contribution in [0.2, 0.25) is 10.0 Å². The van der Waals surface area contributed by atoms with Gasteiger partial charge in [-0.15, -0.1) is 11.3 Å². The number of aryl methyl sites for hydroxylation is 1. The molecule has 0 bridgehead atoms. The molecule has 0 amide bonds. The smallest absolute Gasteiger partial charge is 0.263 e. The second kappa shape index (κ2) is 6.44. The van der Waals surface area contributed by atoms with Crippen molar-refractivity contribution in [3.8, 4) is 0 Å². The molecule has 1 heterocycles. The first-order valence-electron chi connectivity index (χ1n) is 5.71. The minimum Gasteiger partial charge on any atom is -0.326 e. The molecule has 0 unspecified atom stereocenters. The van der Waals surface area contributed by atoms with Gasteiger partial charge in [-0.1, -0.05) is 39.1 Å². The lowest BCUT2D eigenvalue weighted by Gasteiger charge is -2.11. The Kier molecular flexibility index (Phi) is 5.23. The summed E-state index contributed by atoms with van der Waals surface area (Å²) in [5.74, 6) is 0. The number of thiophene rings is 1. The lowest BCUT2D eigenvalue weighted by Crippen LogP contribution is -2.14. The van der Waals surface area contributed by atoms with Gasteiger partial charge < -0.3 is 5.73 Å². The molecule has 0 aliphatic rings. The molecule has 114 valence electrons. The normalized spacial score (nSPS) is 11.7. The third kappa shape index (κ3) is 3.72. The molecule has 4 nitrogen and oxygen atoms in total. The van der Waals surface area contributed by atoms with E-state index in [1.54, 1.807) is 25.1 Å². The third-order valence-corrected chi connectivity index (χ3v) is 6.39. The van der Waals surface area contributed by atoms with E-state index < -0.39 is 10.0 Å². The van der Waals surface area contributed by atoms with E-state index in [1.807, 2.05) is 0 Å². The molecule has 0 atom stereocenters. The minimum atomic E-state index is -3.77. The van der Waals surface area contributed by atoms with Gasteiger partial charge in [0.25, 0.3) is 10.0 Å². The Labute approximate surface area is 145 Å². The highest BCUT2D eigenvalue weighted by molar-refractivity contribution is 9.10. The van der Waals surface area contributed by atoms with Crippen molar-refractivity contribution < 1.29 is 8.42 Å². The summed E-state index contributed by atoms with van der Waals surface area (Å²) in [5.41, 5.74) is 5.69. The van der Waals surface area contributed by atoms with Crippen LogP contribution in [0.3, 0.4) is 0 Å². The summed E-state index contributed by atoms with van der Waals surface area (Å²) in [4.78, 5) is 1.64. The zero-order chi connectivity index (χ0) is 15.8. The van der Waals surface area contributed by atoms with Gasteiger partial charge in [0.2, 0.25) is 0 Å². The maximum Gasteiger partial charge on any atom is 0.263 e. The maximum atomic E-state index is 12.5. The molecule has 1 aromatic carbocycles. The van der Waals surface area contributed by atoms with Gasteiger partial charge >= 0.3 is 0 Å². The molecule has 0 fully saturated rings. The maximum absolute atomic E-state index is 12.5. The summed E-state index contributed by atoms with van der Waals surface area (Å²) in [5, 5.41) is 0.426. The van der Waals surface area contributed by atoms with Crippen molar-refractivity contribution in [3.63, 3.8) is 0 Å². The quantitative estimate of drug-likeness (QED) is 0.756. The molecule has 0 saturated carbocycles. The zero-order valence-corrected chi connectivity index (χ0v) is 15.5. The largest absolute Gasteiger partial charge is 0.326 e. The van der Waals surface area contributed by atoms with E-state index in [-0.39, 0.29) is 20.6 Å². The topological polar surface area (TPSA) is 72.2 Å². The van der Waals surface area contributed by atoms with Gasteiger partial charge in [-0.05, 0) is 25.1 Å². The number of hydrogen-bond donors (Lipinski definition) is 2. The molecule has 0 aliphatic carbocycles. The van der Waals surface area contributed by atoms with Crippen LogP contribution in [0, 0.1) is 6.92 Å². The van der Waals surface area contributed by atoms with Gasteiger partial charge in [-0.2, -0.15) is 0 Å². The van der Waals surface area contributed by atoms with Crippen molar-refractivity contribution in [1.82, 2.24) is 0 Å². The number of benzene rings is 1. The van der Waals surface area contributed by atoms with Gasteiger partial charge in [-0.25, -0.2) is 8.42 Å². The van der Waals surface area contributed by atoms with E-state index in [0.29, 0.717) is 15.9 Å². The van der Waals surface area contributed by atoms with Gasteiger partial charge in [-0.3, -0.25) is 4.72 Å². The Bertz CT molecular complexity index is 768. The van der Waals surface area contributed by atoms with Crippen molar-refractivity contribution in [2.24, 2.45) is 5.73 Å². The van der Waals surface area contributed by atoms with Crippen LogP contribution >= 0.6 is 50.5 Å². The van der Waals surface area contributed by atoms with Gasteiger partial charge in [0.05, 0.1) is 15.7 Å². The van der Waals surface area contributed by atoms with Crippen LogP contribution in [0.1, 0.15) is 9.75 Å². The number of hydrogen-bond acceptors (Lipinski definition) is 4. The fourth-order valence-corrected chi connectivity index (χ4v) is 5.75. The molecule has 3 N–H and O–H groups in total. The Morgan fingerprint density at radius 1 is 1.29 bits per heavy atom. The SMILES string of the molecule is Cc1sc(CN)cc1S(=O)(=O)Nc1c(Cl)cc(Br)cc1Cl. The van der Waals surface area contributed by atoms with Crippen LogP contribution in [0.25, 0.3) is 0 Å². The first-order chi connectivity index (χ1) is 9.74. The highest BCUT2D eigenvalue weighted by Crippen LogP contribution is 2.36. The molecule has 0 spiro atoms. The van der Waals surface area contributed by atoms with Crippen LogP contribution in [0.15, 0.2) is 27.6 Å². The van der Waals surface area contributed by atoms with Crippen molar-refractivity contribution in [2.45, 2.75) is 18.4 Å². The molecule has 0 radical (unpaired) electrons. The van der Waals surface area contributed by atoms with E-state index in [2.05, 4.69) is 20.7 Å². The highest BCUT2D eigenvalue weighted by Gasteiger charge is 2.22. The highest BCUT2D eigenvalue weighted by atomic mass is 79.9. The lowest BCUT2D eigenvalue weighted by molar-refractivity contribution is 0.601. The number of halogens is 3. The first kappa shape index (κ1) is 17.1. The van der Waals surface area contributed by atoms with Crippen LogP contribution in [0.5, 0.6) is 0 Å². The molecule has 0 aliphatic heterocycles. The number of sulfonamides is 1. The van der Waals surface area contributed by atoms with Gasteiger partial charge in [0.1, 0.15) is 4.90 Å². The summed E-state index contributed by atoms with van der Waals surface area (Å²) in [6.45, 7) is 2.02. The van der Waals surface area contributed by atoms with E-state index in [4.69, 9.17) is 28.9 Å². The molecule has 2 aromatic rings. The van der Waals surface area contributed by atoms with E-state index >= 15 is 0 Å². The summed E-state index contributed by atoms with van der Waals surface area (Å²) in [7, 11) is -3.77. The van der Waals surface area contributed by atoms with Crippen molar-refractivity contribution >= 4 is 66.2 Å². The molecular weight excluding hydrogens is 419 g/mol. The van der Waals surface area contributed by atoms with Crippen molar-refractivity contribution in [3.05, 3.63) is 42.5 Å². The molecule has 1 aromatic heterocycles. The Morgan fingerprint density at radius 2 is 1.86 bits per heavy atom. The fraction of sp³-hybridized carbons (Fsp3) is 0.167. The van der Waals surface area contributed by atoms with Crippen LogP contribution in [-0.2, 0) is 16.6 Å². The fourth-order valence-electron chi connectivity index (χ4n) is 1.72. The number of anilines is 1. The summed E-state index contributed by atoms with van der Waals surface area (Å²) in [6, 6.07) is 4.69. The third-order valence-electron chi connectivity index (χ3n) is 2.66. The predicted molar refractivity (Wildman–Crippen MR) is 91.9 cm³/mol. The van der Waals surface area contributed by atoms with E-state index in [1.165, 1.54) is 11.3 Å². The average Bonchev–Trinajstić information content (AvgIpc) is 2.76. The second-order valence-electron chi connectivity index (χ2n) is 4.19. The zero-order valence-electron chi connectivity index (χ0n) is 10.8. The molecule has 21 heavy (non-hydrogen) atoms. The minimum absolute atomic E-state index is 0.154. The summed E-state index contributed by atoms with van der Waals surface area (Å²) >= 11 is 16.7. The standard InChI is InChI=1S/C12H11BrCl2N2O2S2/c1-6-11(4-8(5-16)20-6)21(18,19)17-12-9(14)2-7(13)3-10(12)15/h2-4,17H,5,16H2,1H3. The molecular formula is C12H11BrCl2N2O2S2. The molecule has 0 saturated heterocycles. The van der Waals surface area contributed by atoms with Crippen LogP contribution < -0.4 is 10.5 Å². The summed E-state index contributed by atoms with van der Waals surface area (Å²) < 4.78 is 28.0. The van der Waals surface area contributed by atoms with Crippen LogP contribution in [0.4, 0.5) is 5.69 Å².